The van der Waals surface area contributed by atoms with Crippen LogP contribution in [0.5, 0.6) is 5.75 Å². The van der Waals surface area contributed by atoms with Crippen molar-refractivity contribution in [1.82, 2.24) is 9.62 Å². The molecule has 0 aliphatic carbocycles. The van der Waals surface area contributed by atoms with Gasteiger partial charge in [0, 0.05) is 28.7 Å². The Hall–Kier alpha value is -1.80. The van der Waals surface area contributed by atoms with Gasteiger partial charge in [0.2, 0.25) is 15.9 Å². The maximum Gasteiger partial charge on any atom is 0.224 e. The van der Waals surface area contributed by atoms with E-state index in [-0.39, 0.29) is 24.2 Å². The number of amides is 1. The van der Waals surface area contributed by atoms with Gasteiger partial charge in [-0.2, -0.15) is 0 Å². The Morgan fingerprint density at radius 2 is 2.00 bits per heavy atom. The first kappa shape index (κ1) is 23.9. The summed E-state index contributed by atoms with van der Waals surface area (Å²) in [4.78, 5) is 12.9. The van der Waals surface area contributed by atoms with E-state index in [0.29, 0.717) is 40.7 Å². The summed E-state index contributed by atoms with van der Waals surface area (Å²) in [6, 6.07) is 12.0. The Kier molecular flexibility index (Phi) is 7.86. The molecule has 2 atom stereocenters. The van der Waals surface area contributed by atoms with Gasteiger partial charge in [0.15, 0.2) is 0 Å². The lowest BCUT2D eigenvalue weighted by atomic mass is 9.97. The molecule has 1 saturated heterocycles. The van der Waals surface area contributed by atoms with Crippen LogP contribution in [-0.4, -0.2) is 38.8 Å². The number of halogens is 2. The van der Waals surface area contributed by atoms with E-state index < -0.39 is 15.9 Å². The molecule has 3 rings (SSSR count). The van der Waals surface area contributed by atoms with Crippen molar-refractivity contribution in [2.75, 3.05) is 20.2 Å². The summed E-state index contributed by atoms with van der Waals surface area (Å²) in [6.45, 7) is 2.42. The Morgan fingerprint density at radius 1 is 1.26 bits per heavy atom. The molecule has 1 aliphatic rings. The molecule has 0 aromatic heterocycles. The minimum atomic E-state index is -3.62. The van der Waals surface area contributed by atoms with Crippen molar-refractivity contribution in [3.8, 4) is 5.75 Å². The Bertz CT molecular complexity index is 1050. The monoisotopic (exact) mass is 484 g/mol. The van der Waals surface area contributed by atoms with E-state index in [9.17, 15) is 13.2 Å². The van der Waals surface area contributed by atoms with E-state index >= 15 is 0 Å². The minimum Gasteiger partial charge on any atom is -0.496 e. The number of hydrogen-bond acceptors (Lipinski definition) is 4. The predicted octanol–water partition coefficient (Wildman–Crippen LogP) is 4.42. The number of sulfonamides is 1. The Labute approximate surface area is 193 Å². The number of nitrogens with zero attached hydrogens (tertiary/aromatic N) is 1. The number of carbonyl (C=O) groups excluding carboxylic acids is 1. The highest BCUT2D eigenvalue weighted by Gasteiger charge is 2.33. The molecular formula is C22H26Cl2N2O4S. The zero-order valence-corrected chi connectivity index (χ0v) is 19.8. The van der Waals surface area contributed by atoms with Crippen LogP contribution in [0, 0.1) is 5.92 Å². The molecule has 168 valence electrons. The third-order valence-corrected chi connectivity index (χ3v) is 7.85. The molecule has 2 aromatic carbocycles. The summed E-state index contributed by atoms with van der Waals surface area (Å²) in [5, 5.41) is 3.76. The van der Waals surface area contributed by atoms with Gasteiger partial charge in [0.1, 0.15) is 5.75 Å². The summed E-state index contributed by atoms with van der Waals surface area (Å²) in [7, 11) is -2.04. The van der Waals surface area contributed by atoms with E-state index in [4.69, 9.17) is 27.9 Å². The van der Waals surface area contributed by atoms with Crippen LogP contribution in [0.15, 0.2) is 42.5 Å². The van der Waals surface area contributed by atoms with Crippen LogP contribution in [0.25, 0.3) is 0 Å². The number of hydrogen-bond donors (Lipinski definition) is 1. The van der Waals surface area contributed by atoms with Gasteiger partial charge >= 0.3 is 0 Å². The third-order valence-electron chi connectivity index (χ3n) is 5.47. The Balaban J connectivity index is 1.67. The van der Waals surface area contributed by atoms with E-state index in [1.165, 1.54) is 10.4 Å². The lowest BCUT2D eigenvalue weighted by molar-refractivity contribution is -0.126. The SMILES string of the molecule is COc1ccccc1C(C)NC(=O)C1CCCN(S(=O)(=O)Cc2ccc(Cl)cc2Cl)C1. The topological polar surface area (TPSA) is 75.7 Å². The van der Waals surface area contributed by atoms with E-state index in [1.54, 1.807) is 19.2 Å². The van der Waals surface area contributed by atoms with Gasteiger partial charge in [-0.05, 0) is 43.5 Å². The summed E-state index contributed by atoms with van der Waals surface area (Å²) in [5.41, 5.74) is 1.36. The van der Waals surface area contributed by atoms with E-state index in [2.05, 4.69) is 5.32 Å². The maximum absolute atomic E-state index is 13.0. The molecule has 0 bridgehead atoms. The predicted molar refractivity (Wildman–Crippen MR) is 123 cm³/mol. The fourth-order valence-corrected chi connectivity index (χ4v) is 5.96. The van der Waals surface area contributed by atoms with Crippen LogP contribution in [-0.2, 0) is 20.6 Å². The number of para-hydroxylation sites is 1. The van der Waals surface area contributed by atoms with Gasteiger partial charge in [-0.1, -0.05) is 47.5 Å². The molecule has 2 aromatic rings. The normalized spacial score (nSPS) is 18.4. The van der Waals surface area contributed by atoms with E-state index in [0.717, 1.165) is 5.56 Å². The zero-order chi connectivity index (χ0) is 22.6. The largest absolute Gasteiger partial charge is 0.496 e. The number of rotatable bonds is 7. The van der Waals surface area contributed by atoms with Crippen molar-refractivity contribution >= 4 is 39.1 Å². The molecule has 1 N–H and O–H groups in total. The highest BCUT2D eigenvalue weighted by molar-refractivity contribution is 7.88. The average molecular weight is 485 g/mol. The van der Waals surface area contributed by atoms with Gasteiger partial charge in [0.25, 0.3) is 0 Å². The zero-order valence-electron chi connectivity index (χ0n) is 17.5. The fourth-order valence-electron chi connectivity index (χ4n) is 3.77. The third kappa shape index (κ3) is 5.92. The van der Waals surface area contributed by atoms with Crippen molar-refractivity contribution in [2.45, 2.75) is 31.6 Å². The second-order valence-electron chi connectivity index (χ2n) is 7.66. The number of carbonyl (C=O) groups is 1. The van der Waals surface area contributed by atoms with Crippen LogP contribution in [0.3, 0.4) is 0 Å². The van der Waals surface area contributed by atoms with Crippen molar-refractivity contribution in [3.05, 3.63) is 63.6 Å². The second-order valence-corrected chi connectivity index (χ2v) is 10.5. The van der Waals surface area contributed by atoms with Gasteiger partial charge < -0.3 is 10.1 Å². The molecule has 0 radical (unpaired) electrons. The number of methoxy groups -OCH3 is 1. The van der Waals surface area contributed by atoms with Crippen LogP contribution in [0.1, 0.15) is 36.9 Å². The number of ether oxygens (including phenoxy) is 1. The van der Waals surface area contributed by atoms with Gasteiger partial charge in [-0.3, -0.25) is 4.79 Å². The molecule has 9 heteroatoms. The van der Waals surface area contributed by atoms with Crippen molar-refractivity contribution in [3.63, 3.8) is 0 Å². The molecule has 1 aliphatic heterocycles. The first-order valence-electron chi connectivity index (χ1n) is 10.1. The molecular weight excluding hydrogens is 459 g/mol. The summed E-state index contributed by atoms with van der Waals surface area (Å²) < 4.78 is 32.7. The minimum absolute atomic E-state index is 0.151. The van der Waals surface area contributed by atoms with E-state index in [1.807, 2.05) is 31.2 Å². The quantitative estimate of drug-likeness (QED) is 0.630. The van der Waals surface area contributed by atoms with Gasteiger partial charge in [-0.15, -0.1) is 0 Å². The molecule has 1 heterocycles. The number of piperidine rings is 1. The summed E-state index contributed by atoms with van der Waals surface area (Å²) in [6.07, 6.45) is 1.26. The summed E-state index contributed by atoms with van der Waals surface area (Å²) in [5.74, 6) is -0.109. The average Bonchev–Trinajstić information content (AvgIpc) is 2.75. The first-order chi connectivity index (χ1) is 14.7. The highest BCUT2D eigenvalue weighted by Crippen LogP contribution is 2.28. The van der Waals surface area contributed by atoms with Crippen LogP contribution >= 0.6 is 23.2 Å². The van der Waals surface area contributed by atoms with Crippen LogP contribution < -0.4 is 10.1 Å². The number of benzene rings is 2. The lowest BCUT2D eigenvalue weighted by Gasteiger charge is -2.32. The molecule has 31 heavy (non-hydrogen) atoms. The second kappa shape index (κ2) is 10.2. The van der Waals surface area contributed by atoms with Crippen LogP contribution in [0.4, 0.5) is 0 Å². The molecule has 0 saturated carbocycles. The maximum atomic E-state index is 13.0. The standard InChI is InChI=1S/C22H26Cl2N2O4S/c1-15(19-7-3-4-8-21(19)30-2)25-22(27)16-6-5-11-26(13-16)31(28,29)14-17-9-10-18(23)12-20(17)24/h3-4,7-10,12,15-16H,5-6,11,13-14H2,1-2H3,(H,25,27). The fraction of sp³-hybridized carbons (Fsp3) is 0.409. The van der Waals surface area contributed by atoms with Crippen LogP contribution in [0.2, 0.25) is 10.0 Å². The molecule has 1 fully saturated rings. The first-order valence-corrected chi connectivity index (χ1v) is 12.4. The molecule has 0 spiro atoms. The lowest BCUT2D eigenvalue weighted by Crippen LogP contribution is -2.46. The van der Waals surface area contributed by atoms with Gasteiger partial charge in [-0.25, -0.2) is 12.7 Å². The smallest absolute Gasteiger partial charge is 0.224 e. The van der Waals surface area contributed by atoms with Gasteiger partial charge in [0.05, 0.1) is 24.8 Å². The summed E-state index contributed by atoms with van der Waals surface area (Å²) >= 11 is 12.1. The molecule has 2 unspecified atom stereocenters. The number of nitrogens with one attached hydrogen (secondary N) is 1. The molecule has 1 amide bonds. The van der Waals surface area contributed by atoms with Crippen molar-refractivity contribution in [1.29, 1.82) is 0 Å². The Morgan fingerprint density at radius 3 is 2.71 bits per heavy atom. The molecule has 6 nitrogen and oxygen atoms in total. The van der Waals surface area contributed by atoms with Crippen molar-refractivity contribution < 1.29 is 17.9 Å². The van der Waals surface area contributed by atoms with Crippen molar-refractivity contribution in [2.24, 2.45) is 5.92 Å². The highest BCUT2D eigenvalue weighted by atomic mass is 35.5.